The van der Waals surface area contributed by atoms with Gasteiger partial charge in [-0.1, -0.05) is 36.7 Å². The quantitative estimate of drug-likeness (QED) is 0.0816. The number of halogens is 3. The zero-order valence-electron chi connectivity index (χ0n) is 20.8. The number of allylic oxidation sites excluding steroid dienone is 2. The van der Waals surface area contributed by atoms with Crippen LogP contribution in [0.5, 0.6) is 5.75 Å². The predicted octanol–water partition coefficient (Wildman–Crippen LogP) is 4.22. The van der Waals surface area contributed by atoms with E-state index in [-0.39, 0.29) is 51.2 Å². The first-order valence-electron chi connectivity index (χ1n) is 11.1. The second-order valence-corrected chi connectivity index (χ2v) is 9.53. The number of anilines is 1. The van der Waals surface area contributed by atoms with Gasteiger partial charge >= 0.3 is 0 Å². The summed E-state index contributed by atoms with van der Waals surface area (Å²) in [5.74, 6) is 3.21. The molecule has 0 aliphatic heterocycles. The zero-order valence-corrected chi connectivity index (χ0v) is 22.3. The molecule has 1 saturated carbocycles. The predicted molar refractivity (Wildman–Crippen MR) is 143 cm³/mol. The number of imide groups is 1. The van der Waals surface area contributed by atoms with E-state index >= 15 is 0 Å². The van der Waals surface area contributed by atoms with E-state index in [4.69, 9.17) is 34.4 Å². The number of hydrazone groups is 1. The van der Waals surface area contributed by atoms with Gasteiger partial charge in [0, 0.05) is 14.1 Å². The Hall–Kier alpha value is -3.57. The molecule has 196 valence electrons. The fourth-order valence-electron chi connectivity index (χ4n) is 3.96. The van der Waals surface area contributed by atoms with Crippen LogP contribution in [0.4, 0.5) is 10.1 Å². The van der Waals surface area contributed by atoms with Crippen LogP contribution in [-0.4, -0.2) is 43.7 Å². The summed E-state index contributed by atoms with van der Waals surface area (Å²) >= 11 is 12.8. The van der Waals surface area contributed by atoms with Crippen LogP contribution < -0.4 is 20.4 Å². The molecule has 0 spiro atoms. The fraction of sp³-hybridized carbons (Fsp3) is 0.346. The molecule has 11 heteroatoms. The van der Waals surface area contributed by atoms with Crippen molar-refractivity contribution >= 4 is 52.9 Å². The largest absolute Gasteiger partial charge is 0.455 e. The van der Waals surface area contributed by atoms with Crippen LogP contribution in [0, 0.1) is 24.2 Å². The molecule has 1 aliphatic rings. The number of benzene rings is 1. The summed E-state index contributed by atoms with van der Waals surface area (Å²) in [4.78, 5) is 33.8. The highest BCUT2D eigenvalue weighted by atomic mass is 35.5. The molecular weight excluding hydrogens is 522 g/mol. The van der Waals surface area contributed by atoms with Crippen molar-refractivity contribution in [3.05, 3.63) is 51.9 Å². The van der Waals surface area contributed by atoms with Crippen molar-refractivity contribution in [3.8, 4) is 18.1 Å². The third kappa shape index (κ3) is 7.46. The van der Waals surface area contributed by atoms with E-state index in [2.05, 4.69) is 22.9 Å². The van der Waals surface area contributed by atoms with Crippen LogP contribution >= 0.6 is 23.2 Å². The Kier molecular flexibility index (Phi) is 10.1. The van der Waals surface area contributed by atoms with Gasteiger partial charge in [-0.05, 0) is 61.3 Å². The number of ether oxygens (including phenoxy) is 1. The maximum Gasteiger partial charge on any atom is 0.286 e. The molecule has 0 radical (unpaired) electrons. The highest BCUT2D eigenvalue weighted by Gasteiger charge is 2.44. The molecule has 0 heterocycles. The standard InChI is InChI=1S/C26H27Cl2FN4O4/c1-7-22(25(36)31-14-35)32-33(6)18-9-20(27)24(21(28)10-18)37-15(2)8-19(23(13-34)30-5)16(3)17-11-26(4,29)12-17/h1,8-10,14,16-17,30H,2,11-12H2,3-6H3,(H,31,35,36)/b19-8-,32-22-. The number of carbonyl (C=O) groups is 2. The number of amides is 2. The van der Waals surface area contributed by atoms with E-state index in [1.54, 1.807) is 20.0 Å². The lowest BCUT2D eigenvalue weighted by Crippen LogP contribution is -2.41. The Morgan fingerprint density at radius 3 is 2.46 bits per heavy atom. The number of likely N-dealkylation sites (N-methyl/N-ethyl adjacent to an activating group) is 1. The Balaban J connectivity index is 2.31. The first kappa shape index (κ1) is 29.7. The van der Waals surface area contributed by atoms with Gasteiger partial charge in [0.2, 0.25) is 6.41 Å². The number of nitrogens with one attached hydrogen (secondary N) is 2. The lowest BCUT2D eigenvalue weighted by molar-refractivity contribution is -0.120. The topological polar surface area (TPSA) is 100 Å². The van der Waals surface area contributed by atoms with Crippen molar-refractivity contribution in [1.29, 1.82) is 0 Å². The monoisotopic (exact) mass is 548 g/mol. The van der Waals surface area contributed by atoms with Gasteiger partial charge in [-0.3, -0.25) is 19.9 Å². The summed E-state index contributed by atoms with van der Waals surface area (Å²) in [5, 5.41) is 10.1. The molecule has 2 amide bonds. The summed E-state index contributed by atoms with van der Waals surface area (Å²) in [6.45, 7) is 7.35. The van der Waals surface area contributed by atoms with Gasteiger partial charge in [-0.2, -0.15) is 5.10 Å². The van der Waals surface area contributed by atoms with Gasteiger partial charge < -0.3 is 10.1 Å². The highest BCUT2D eigenvalue weighted by Crippen LogP contribution is 2.47. The highest BCUT2D eigenvalue weighted by molar-refractivity contribution is 6.47. The maximum atomic E-state index is 14.1. The molecule has 1 atom stereocenters. The SMILES string of the molecule is C#C/C(=N/N(C)c1cc(Cl)c(OC(=C)/C=C(\C(=C=O)NC)C(C)C2CC(C)(F)C2)c(Cl)c1)C(=O)NC=O. The Labute approximate surface area is 225 Å². The Morgan fingerprint density at radius 1 is 1.41 bits per heavy atom. The lowest BCUT2D eigenvalue weighted by atomic mass is 9.65. The van der Waals surface area contributed by atoms with E-state index in [0.29, 0.717) is 24.1 Å². The molecule has 1 fully saturated rings. The van der Waals surface area contributed by atoms with Gasteiger partial charge in [0.05, 0.1) is 15.7 Å². The van der Waals surface area contributed by atoms with Crippen LogP contribution in [0.3, 0.4) is 0 Å². The Bertz CT molecular complexity index is 1210. The minimum absolute atomic E-state index is 0.0369. The van der Waals surface area contributed by atoms with Gasteiger partial charge in [0.15, 0.2) is 11.5 Å². The van der Waals surface area contributed by atoms with Crippen LogP contribution in [0.1, 0.15) is 26.7 Å². The molecule has 0 aromatic heterocycles. The van der Waals surface area contributed by atoms with Crippen molar-refractivity contribution in [1.82, 2.24) is 10.6 Å². The molecule has 1 aliphatic carbocycles. The van der Waals surface area contributed by atoms with Crippen molar-refractivity contribution in [2.45, 2.75) is 32.4 Å². The van der Waals surface area contributed by atoms with Crippen LogP contribution in [0.25, 0.3) is 0 Å². The molecule has 2 N–H and O–H groups in total. The lowest BCUT2D eigenvalue weighted by Gasteiger charge is -2.43. The number of nitrogens with zero attached hydrogens (tertiary/aromatic N) is 2. The molecule has 0 saturated heterocycles. The van der Waals surface area contributed by atoms with E-state index in [0.717, 1.165) is 0 Å². The number of hydrogen-bond acceptors (Lipinski definition) is 7. The van der Waals surface area contributed by atoms with Crippen molar-refractivity contribution in [2.24, 2.45) is 16.9 Å². The van der Waals surface area contributed by atoms with Crippen LogP contribution in [0.2, 0.25) is 10.0 Å². The summed E-state index contributed by atoms with van der Waals surface area (Å²) < 4.78 is 19.9. The number of carbonyl (C=O) groups excluding carboxylic acids is 3. The Morgan fingerprint density at radius 2 is 2.00 bits per heavy atom. The molecule has 37 heavy (non-hydrogen) atoms. The first-order valence-corrected chi connectivity index (χ1v) is 11.9. The van der Waals surface area contributed by atoms with Crippen LogP contribution in [-0.2, 0) is 14.4 Å². The fourth-order valence-corrected chi connectivity index (χ4v) is 4.51. The van der Waals surface area contributed by atoms with Gasteiger partial charge in [-0.25, -0.2) is 9.18 Å². The maximum absolute atomic E-state index is 14.1. The molecule has 2 rings (SSSR count). The molecule has 1 unspecified atom stereocenters. The molecule has 1 aromatic carbocycles. The summed E-state index contributed by atoms with van der Waals surface area (Å²) in [6.07, 6.45) is 7.81. The normalized spacial score (nSPS) is 19.9. The average molecular weight is 549 g/mol. The van der Waals surface area contributed by atoms with Gasteiger partial charge in [0.1, 0.15) is 23.1 Å². The zero-order chi connectivity index (χ0) is 27.9. The molecule has 0 bridgehead atoms. The van der Waals surface area contributed by atoms with Crippen molar-refractivity contribution in [3.63, 3.8) is 0 Å². The van der Waals surface area contributed by atoms with Crippen molar-refractivity contribution in [2.75, 3.05) is 19.1 Å². The van der Waals surface area contributed by atoms with Gasteiger partial charge in [0.25, 0.3) is 5.91 Å². The smallest absolute Gasteiger partial charge is 0.286 e. The number of rotatable bonds is 11. The minimum Gasteiger partial charge on any atom is -0.455 e. The van der Waals surface area contributed by atoms with E-state index < -0.39 is 11.6 Å². The summed E-state index contributed by atoms with van der Waals surface area (Å²) in [6, 6.07) is 2.94. The average Bonchev–Trinajstić information content (AvgIpc) is 2.82. The second kappa shape index (κ2) is 12.6. The van der Waals surface area contributed by atoms with Gasteiger partial charge in [-0.15, -0.1) is 6.42 Å². The number of alkyl halides is 1. The molecule has 1 aromatic rings. The molecular formula is C26H27Cl2FN4O4. The van der Waals surface area contributed by atoms with E-state index in [1.165, 1.54) is 24.2 Å². The molecule has 8 nitrogen and oxygen atoms in total. The van der Waals surface area contributed by atoms with E-state index in [9.17, 15) is 18.8 Å². The third-order valence-electron chi connectivity index (χ3n) is 5.91. The number of terminal acetylenes is 1. The third-order valence-corrected chi connectivity index (χ3v) is 6.47. The first-order chi connectivity index (χ1) is 17.4. The summed E-state index contributed by atoms with van der Waals surface area (Å²) in [7, 11) is 3.08. The van der Waals surface area contributed by atoms with Crippen molar-refractivity contribution < 1.29 is 23.5 Å². The second-order valence-electron chi connectivity index (χ2n) is 8.71. The summed E-state index contributed by atoms with van der Waals surface area (Å²) in [5.41, 5.74) is -0.423. The number of hydrogen-bond donors (Lipinski definition) is 2. The van der Waals surface area contributed by atoms with E-state index in [1.807, 2.05) is 18.2 Å². The van der Waals surface area contributed by atoms with Crippen LogP contribution in [0.15, 0.2) is 46.9 Å². The minimum atomic E-state index is -1.22.